The molecule has 142 valence electrons. The molecule has 1 amide bonds. The lowest BCUT2D eigenvalue weighted by atomic mass is 10.0. The van der Waals surface area contributed by atoms with Crippen molar-refractivity contribution in [2.24, 2.45) is 0 Å². The third-order valence-corrected chi connectivity index (χ3v) is 4.14. The fourth-order valence-corrected chi connectivity index (χ4v) is 2.80. The largest absolute Gasteiger partial charge is 0.456 e. The summed E-state index contributed by atoms with van der Waals surface area (Å²) in [6.07, 6.45) is 12.5. The molecular formula is C21H30N2O3. The van der Waals surface area contributed by atoms with Crippen molar-refractivity contribution in [3.8, 4) is 0 Å². The molecule has 2 unspecified atom stereocenters. The van der Waals surface area contributed by atoms with Crippen LogP contribution in [0.4, 0.5) is 0 Å². The number of esters is 1. The van der Waals surface area contributed by atoms with E-state index in [9.17, 15) is 9.59 Å². The third kappa shape index (κ3) is 6.15. The van der Waals surface area contributed by atoms with Gasteiger partial charge < -0.3 is 10.1 Å². The number of amides is 1. The molecule has 2 atom stereocenters. The molecule has 0 radical (unpaired) electrons. The standard InChI is InChI=1S/C21H30N2O3/c1-6-10-12-17(8-3)16(5)26-21(25)20(18(9-4)11-7-2)23-14-13-22-19(24)15-23/h6-12,16,20H,3,13-15H2,1-2,4-5H3,(H,22,24)/b10-6-,11-7-,17-12+,18-9+. The fourth-order valence-electron chi connectivity index (χ4n) is 2.80. The summed E-state index contributed by atoms with van der Waals surface area (Å²) >= 11 is 0. The lowest BCUT2D eigenvalue weighted by Gasteiger charge is -2.34. The van der Waals surface area contributed by atoms with Crippen molar-refractivity contribution in [2.75, 3.05) is 19.6 Å². The van der Waals surface area contributed by atoms with Gasteiger partial charge >= 0.3 is 5.97 Å². The Labute approximate surface area is 156 Å². The van der Waals surface area contributed by atoms with E-state index in [0.717, 1.165) is 11.1 Å². The molecule has 1 aliphatic rings. The Morgan fingerprint density at radius 3 is 2.54 bits per heavy atom. The second-order valence-corrected chi connectivity index (χ2v) is 5.99. The van der Waals surface area contributed by atoms with Crippen molar-refractivity contribution in [2.45, 2.75) is 39.8 Å². The van der Waals surface area contributed by atoms with Crippen LogP contribution < -0.4 is 5.32 Å². The normalized spacial score (nSPS) is 19.5. The van der Waals surface area contributed by atoms with Gasteiger partial charge in [0.1, 0.15) is 12.1 Å². The average Bonchev–Trinajstić information content (AvgIpc) is 2.62. The van der Waals surface area contributed by atoms with Gasteiger partial charge in [-0.3, -0.25) is 9.69 Å². The van der Waals surface area contributed by atoms with E-state index in [1.54, 1.807) is 6.08 Å². The first kappa shape index (κ1) is 21.6. The molecule has 0 bridgehead atoms. The van der Waals surface area contributed by atoms with Crippen LogP contribution in [0.5, 0.6) is 0 Å². The first-order chi connectivity index (χ1) is 12.5. The summed E-state index contributed by atoms with van der Waals surface area (Å²) in [5.74, 6) is -0.454. The van der Waals surface area contributed by atoms with Gasteiger partial charge in [0.25, 0.3) is 0 Å². The smallest absolute Gasteiger partial charge is 0.328 e. The number of nitrogens with zero attached hydrogens (tertiary/aromatic N) is 1. The minimum Gasteiger partial charge on any atom is -0.456 e. The van der Waals surface area contributed by atoms with Gasteiger partial charge in [-0.1, -0.05) is 49.1 Å². The lowest BCUT2D eigenvalue weighted by Crippen LogP contribution is -2.55. The van der Waals surface area contributed by atoms with Crippen LogP contribution in [0.3, 0.4) is 0 Å². The topological polar surface area (TPSA) is 58.6 Å². The molecule has 1 aliphatic heterocycles. The summed E-state index contributed by atoms with van der Waals surface area (Å²) in [4.78, 5) is 26.6. The molecule has 0 aromatic rings. The molecule has 0 spiro atoms. The van der Waals surface area contributed by atoms with E-state index < -0.39 is 12.1 Å². The molecule has 1 heterocycles. The van der Waals surface area contributed by atoms with Gasteiger partial charge in [0, 0.05) is 13.1 Å². The van der Waals surface area contributed by atoms with Crippen LogP contribution in [0.2, 0.25) is 0 Å². The van der Waals surface area contributed by atoms with Crippen LogP contribution >= 0.6 is 0 Å². The van der Waals surface area contributed by atoms with Gasteiger partial charge in [0.15, 0.2) is 0 Å². The molecular weight excluding hydrogens is 328 g/mol. The predicted octanol–water partition coefficient (Wildman–Crippen LogP) is 2.93. The van der Waals surface area contributed by atoms with Gasteiger partial charge in [0.05, 0.1) is 6.54 Å². The zero-order valence-corrected chi connectivity index (χ0v) is 16.2. The third-order valence-electron chi connectivity index (χ3n) is 4.14. The summed E-state index contributed by atoms with van der Waals surface area (Å²) in [6, 6.07) is -0.613. The summed E-state index contributed by atoms with van der Waals surface area (Å²) in [7, 11) is 0. The zero-order chi connectivity index (χ0) is 19.5. The van der Waals surface area contributed by atoms with E-state index in [-0.39, 0.29) is 18.4 Å². The van der Waals surface area contributed by atoms with E-state index in [4.69, 9.17) is 4.74 Å². The van der Waals surface area contributed by atoms with Gasteiger partial charge in [0.2, 0.25) is 5.91 Å². The van der Waals surface area contributed by atoms with Crippen LogP contribution in [-0.2, 0) is 14.3 Å². The minimum atomic E-state index is -0.613. The van der Waals surface area contributed by atoms with Gasteiger partial charge in [-0.2, -0.15) is 0 Å². The number of piperazine rings is 1. The zero-order valence-electron chi connectivity index (χ0n) is 16.2. The average molecular weight is 358 g/mol. The predicted molar refractivity (Wildman–Crippen MR) is 106 cm³/mol. The monoisotopic (exact) mass is 358 g/mol. The second-order valence-electron chi connectivity index (χ2n) is 5.99. The Balaban J connectivity index is 3.07. The van der Waals surface area contributed by atoms with Gasteiger partial charge in [-0.25, -0.2) is 4.79 Å². The summed E-state index contributed by atoms with van der Waals surface area (Å²) in [5.41, 5.74) is 1.64. The highest BCUT2D eigenvalue weighted by Gasteiger charge is 2.33. The first-order valence-electron chi connectivity index (χ1n) is 8.93. The molecule has 1 fully saturated rings. The Bertz CT molecular complexity index is 629. The number of nitrogens with one attached hydrogen (secondary N) is 1. The maximum absolute atomic E-state index is 13.0. The second kappa shape index (κ2) is 11.3. The molecule has 0 aromatic carbocycles. The van der Waals surface area contributed by atoms with Crippen molar-refractivity contribution < 1.29 is 14.3 Å². The van der Waals surface area contributed by atoms with Crippen molar-refractivity contribution in [3.63, 3.8) is 0 Å². The van der Waals surface area contributed by atoms with Crippen LogP contribution in [-0.4, -0.2) is 48.6 Å². The molecule has 1 saturated heterocycles. The van der Waals surface area contributed by atoms with Crippen LogP contribution in [0, 0.1) is 0 Å². The molecule has 5 heteroatoms. The number of hydrogen-bond acceptors (Lipinski definition) is 4. The number of carbonyl (C=O) groups excluding carboxylic acids is 2. The van der Waals surface area contributed by atoms with Gasteiger partial charge in [-0.15, -0.1) is 0 Å². The molecule has 0 aliphatic carbocycles. The Hall–Kier alpha value is -2.40. The summed E-state index contributed by atoms with van der Waals surface area (Å²) in [6.45, 7) is 12.6. The number of allylic oxidation sites excluding steroid dienone is 5. The number of rotatable bonds is 8. The number of hydrogen-bond donors (Lipinski definition) is 1. The molecule has 26 heavy (non-hydrogen) atoms. The minimum absolute atomic E-state index is 0.0854. The Morgan fingerprint density at radius 2 is 2.00 bits per heavy atom. The first-order valence-corrected chi connectivity index (χ1v) is 8.93. The van der Waals surface area contributed by atoms with E-state index in [1.807, 2.05) is 69.1 Å². The number of ether oxygens (including phenoxy) is 1. The highest BCUT2D eigenvalue weighted by molar-refractivity contribution is 5.84. The fraction of sp³-hybridized carbons (Fsp3) is 0.429. The highest BCUT2D eigenvalue weighted by atomic mass is 16.5. The lowest BCUT2D eigenvalue weighted by molar-refractivity contribution is -0.152. The quantitative estimate of drug-likeness (QED) is 0.535. The van der Waals surface area contributed by atoms with E-state index in [1.165, 1.54) is 0 Å². The molecule has 5 nitrogen and oxygen atoms in total. The maximum Gasteiger partial charge on any atom is 0.328 e. The molecule has 1 N–H and O–H groups in total. The van der Waals surface area contributed by atoms with Gasteiger partial charge in [-0.05, 0) is 38.8 Å². The summed E-state index contributed by atoms with van der Waals surface area (Å²) < 4.78 is 5.72. The molecule has 0 aromatic heterocycles. The summed E-state index contributed by atoms with van der Waals surface area (Å²) in [5, 5.41) is 2.79. The maximum atomic E-state index is 13.0. The van der Waals surface area contributed by atoms with Crippen LogP contribution in [0.25, 0.3) is 0 Å². The van der Waals surface area contributed by atoms with Crippen LogP contribution in [0.1, 0.15) is 27.7 Å². The van der Waals surface area contributed by atoms with Crippen molar-refractivity contribution >= 4 is 11.9 Å². The highest BCUT2D eigenvalue weighted by Crippen LogP contribution is 2.18. The Morgan fingerprint density at radius 1 is 1.27 bits per heavy atom. The molecule has 0 saturated carbocycles. The van der Waals surface area contributed by atoms with Crippen molar-refractivity contribution in [1.29, 1.82) is 0 Å². The van der Waals surface area contributed by atoms with E-state index >= 15 is 0 Å². The van der Waals surface area contributed by atoms with E-state index in [2.05, 4.69) is 11.9 Å². The van der Waals surface area contributed by atoms with Crippen LogP contribution in [0.15, 0.2) is 60.3 Å². The Kier molecular flexibility index (Phi) is 9.37. The molecule has 1 rings (SSSR count). The SMILES string of the molecule is C=C/C(=C\C=C/C)C(C)OC(=O)C(C(/C=C\C)=C/C)N1CCNC(=O)C1. The van der Waals surface area contributed by atoms with E-state index in [0.29, 0.717) is 13.1 Å². The number of carbonyl (C=O) groups is 2. The van der Waals surface area contributed by atoms with Crippen molar-refractivity contribution in [1.82, 2.24) is 10.2 Å². The van der Waals surface area contributed by atoms with Crippen molar-refractivity contribution in [3.05, 3.63) is 60.3 Å².